The van der Waals surface area contributed by atoms with Crippen LogP contribution in [0.2, 0.25) is 0 Å². The van der Waals surface area contributed by atoms with E-state index in [-0.39, 0.29) is 16.1 Å². The summed E-state index contributed by atoms with van der Waals surface area (Å²) in [5.41, 5.74) is 0.173. The summed E-state index contributed by atoms with van der Waals surface area (Å²) in [5.74, 6) is -0.700. The fourth-order valence-electron chi connectivity index (χ4n) is 1.90. The number of carboxylic acid groups (broad SMARTS) is 1. The summed E-state index contributed by atoms with van der Waals surface area (Å²) < 4.78 is 33.5. The van der Waals surface area contributed by atoms with E-state index in [2.05, 4.69) is 20.7 Å². The number of hydrogen-bond donors (Lipinski definition) is 2. The van der Waals surface area contributed by atoms with Crippen LogP contribution in [0.1, 0.15) is 23.7 Å². The van der Waals surface area contributed by atoms with E-state index in [0.717, 1.165) is 6.42 Å². The van der Waals surface area contributed by atoms with E-state index in [1.165, 1.54) is 36.4 Å². The minimum atomic E-state index is -3.86. The molecule has 0 saturated heterocycles. The number of benzene rings is 2. The van der Waals surface area contributed by atoms with Gasteiger partial charge in [-0.3, -0.25) is 4.72 Å². The van der Waals surface area contributed by atoms with E-state index in [4.69, 9.17) is 9.84 Å². The number of aromatic carboxylic acids is 1. The van der Waals surface area contributed by atoms with Crippen molar-refractivity contribution in [2.75, 3.05) is 11.3 Å². The Balaban J connectivity index is 2.30. The molecule has 0 bridgehead atoms. The zero-order valence-electron chi connectivity index (χ0n) is 12.8. The van der Waals surface area contributed by atoms with Crippen molar-refractivity contribution in [3.8, 4) is 5.75 Å². The Morgan fingerprint density at radius 2 is 2.00 bits per heavy atom. The lowest BCUT2D eigenvalue weighted by Gasteiger charge is -2.12. The van der Waals surface area contributed by atoms with Gasteiger partial charge in [0.25, 0.3) is 10.0 Å². The third kappa shape index (κ3) is 4.48. The second-order valence-corrected chi connectivity index (χ2v) is 7.47. The van der Waals surface area contributed by atoms with E-state index in [1.807, 2.05) is 6.92 Å². The van der Waals surface area contributed by atoms with Crippen molar-refractivity contribution in [1.29, 1.82) is 0 Å². The summed E-state index contributed by atoms with van der Waals surface area (Å²) in [7, 11) is -3.86. The quantitative estimate of drug-likeness (QED) is 0.720. The first-order valence-corrected chi connectivity index (χ1v) is 9.39. The van der Waals surface area contributed by atoms with Crippen molar-refractivity contribution >= 4 is 37.6 Å². The van der Waals surface area contributed by atoms with Gasteiger partial charge in [0.05, 0.1) is 21.5 Å². The first-order chi connectivity index (χ1) is 11.3. The van der Waals surface area contributed by atoms with Gasteiger partial charge in [-0.15, -0.1) is 0 Å². The standard InChI is InChI=1S/C16H16BrNO5S/c1-2-8-23-15-10-13(6-7-14(15)17)24(21,22)18-12-5-3-4-11(9-12)16(19)20/h3-7,9-10,18H,2,8H2,1H3,(H,19,20). The van der Waals surface area contributed by atoms with Crippen LogP contribution in [0.3, 0.4) is 0 Å². The third-order valence-electron chi connectivity index (χ3n) is 3.04. The second-order valence-electron chi connectivity index (χ2n) is 4.93. The summed E-state index contributed by atoms with van der Waals surface area (Å²) >= 11 is 3.31. The predicted molar refractivity (Wildman–Crippen MR) is 94.1 cm³/mol. The Morgan fingerprint density at radius 3 is 2.67 bits per heavy atom. The summed E-state index contributed by atoms with van der Waals surface area (Å²) in [6.45, 7) is 2.42. The van der Waals surface area contributed by atoms with Crippen LogP contribution in [-0.2, 0) is 10.0 Å². The molecule has 2 rings (SSSR count). The van der Waals surface area contributed by atoms with Gasteiger partial charge in [-0.1, -0.05) is 13.0 Å². The SMILES string of the molecule is CCCOc1cc(S(=O)(=O)Nc2cccc(C(=O)O)c2)ccc1Br. The van der Waals surface area contributed by atoms with E-state index in [0.29, 0.717) is 16.8 Å². The Bertz CT molecular complexity index is 851. The molecular formula is C16H16BrNO5S. The van der Waals surface area contributed by atoms with Crippen LogP contribution >= 0.6 is 15.9 Å². The molecule has 0 heterocycles. The van der Waals surface area contributed by atoms with Crippen molar-refractivity contribution < 1.29 is 23.1 Å². The zero-order valence-corrected chi connectivity index (χ0v) is 15.2. The van der Waals surface area contributed by atoms with Gasteiger partial charge in [0.1, 0.15) is 5.75 Å². The van der Waals surface area contributed by atoms with Crippen LogP contribution in [-0.4, -0.2) is 26.1 Å². The van der Waals surface area contributed by atoms with Crippen molar-refractivity contribution in [1.82, 2.24) is 0 Å². The van der Waals surface area contributed by atoms with Crippen molar-refractivity contribution in [2.45, 2.75) is 18.2 Å². The molecular weight excluding hydrogens is 398 g/mol. The van der Waals surface area contributed by atoms with E-state index >= 15 is 0 Å². The number of ether oxygens (including phenoxy) is 1. The molecule has 2 aromatic rings. The highest BCUT2D eigenvalue weighted by atomic mass is 79.9. The Kier molecular flexibility index (Phi) is 5.84. The van der Waals surface area contributed by atoms with Crippen LogP contribution < -0.4 is 9.46 Å². The molecule has 6 nitrogen and oxygen atoms in total. The molecule has 0 spiro atoms. The molecule has 0 aliphatic carbocycles. The molecule has 0 fully saturated rings. The number of carboxylic acids is 1. The van der Waals surface area contributed by atoms with Gasteiger partial charge < -0.3 is 9.84 Å². The molecule has 0 radical (unpaired) electrons. The molecule has 0 unspecified atom stereocenters. The lowest BCUT2D eigenvalue weighted by molar-refractivity contribution is 0.0697. The highest BCUT2D eigenvalue weighted by Crippen LogP contribution is 2.29. The van der Waals surface area contributed by atoms with Crippen molar-refractivity contribution in [2.24, 2.45) is 0 Å². The number of anilines is 1. The molecule has 0 aliphatic heterocycles. The average Bonchev–Trinajstić information content (AvgIpc) is 2.53. The molecule has 0 amide bonds. The smallest absolute Gasteiger partial charge is 0.335 e. The van der Waals surface area contributed by atoms with Crippen LogP contribution in [0, 0.1) is 0 Å². The van der Waals surface area contributed by atoms with Gasteiger partial charge >= 0.3 is 5.97 Å². The van der Waals surface area contributed by atoms with Crippen LogP contribution in [0.15, 0.2) is 51.8 Å². The summed E-state index contributed by atoms with van der Waals surface area (Å²) in [5, 5.41) is 8.97. The van der Waals surface area contributed by atoms with Gasteiger partial charge in [0.2, 0.25) is 0 Å². The summed E-state index contributed by atoms with van der Waals surface area (Å²) in [4.78, 5) is 11.0. The van der Waals surface area contributed by atoms with Crippen molar-refractivity contribution in [3.05, 3.63) is 52.5 Å². The Morgan fingerprint density at radius 1 is 1.25 bits per heavy atom. The van der Waals surface area contributed by atoms with E-state index in [1.54, 1.807) is 6.07 Å². The molecule has 128 valence electrons. The normalized spacial score (nSPS) is 11.1. The second kappa shape index (κ2) is 7.67. The monoisotopic (exact) mass is 413 g/mol. The van der Waals surface area contributed by atoms with Crippen molar-refractivity contribution in [3.63, 3.8) is 0 Å². The molecule has 8 heteroatoms. The van der Waals surface area contributed by atoms with Gasteiger partial charge in [-0.05, 0) is 52.7 Å². The third-order valence-corrected chi connectivity index (χ3v) is 5.07. The minimum absolute atomic E-state index is 0.00188. The zero-order chi connectivity index (χ0) is 17.7. The number of halogens is 1. The van der Waals surface area contributed by atoms with Crippen LogP contribution in [0.4, 0.5) is 5.69 Å². The molecule has 0 saturated carbocycles. The van der Waals surface area contributed by atoms with Crippen LogP contribution in [0.5, 0.6) is 5.75 Å². The lowest BCUT2D eigenvalue weighted by atomic mass is 10.2. The largest absolute Gasteiger partial charge is 0.492 e. The molecule has 0 aromatic heterocycles. The summed E-state index contributed by atoms with van der Waals surface area (Å²) in [6, 6.07) is 10.0. The lowest BCUT2D eigenvalue weighted by Crippen LogP contribution is -2.13. The molecule has 24 heavy (non-hydrogen) atoms. The highest BCUT2D eigenvalue weighted by Gasteiger charge is 2.17. The molecule has 2 N–H and O–H groups in total. The minimum Gasteiger partial charge on any atom is -0.492 e. The summed E-state index contributed by atoms with van der Waals surface area (Å²) in [6.07, 6.45) is 0.795. The fourth-order valence-corrected chi connectivity index (χ4v) is 3.33. The highest BCUT2D eigenvalue weighted by molar-refractivity contribution is 9.10. The van der Waals surface area contributed by atoms with Crippen LogP contribution in [0.25, 0.3) is 0 Å². The number of nitrogens with one attached hydrogen (secondary N) is 1. The van der Waals surface area contributed by atoms with Gasteiger partial charge in [0.15, 0.2) is 0 Å². The number of carbonyl (C=O) groups is 1. The fraction of sp³-hybridized carbons (Fsp3) is 0.188. The predicted octanol–water partition coefficient (Wildman–Crippen LogP) is 3.74. The van der Waals surface area contributed by atoms with Gasteiger partial charge in [0, 0.05) is 11.8 Å². The maximum Gasteiger partial charge on any atom is 0.335 e. The van der Waals surface area contributed by atoms with E-state index < -0.39 is 16.0 Å². The number of rotatable bonds is 7. The maximum atomic E-state index is 12.5. The Hall–Kier alpha value is -2.06. The first kappa shape index (κ1) is 18.3. The molecule has 2 aromatic carbocycles. The van der Waals surface area contributed by atoms with Gasteiger partial charge in [-0.2, -0.15) is 0 Å². The Labute approximate surface area is 148 Å². The molecule has 0 atom stereocenters. The van der Waals surface area contributed by atoms with Gasteiger partial charge in [-0.25, -0.2) is 13.2 Å². The first-order valence-electron chi connectivity index (χ1n) is 7.12. The number of sulfonamides is 1. The average molecular weight is 414 g/mol. The van der Waals surface area contributed by atoms with E-state index in [9.17, 15) is 13.2 Å². The number of hydrogen-bond acceptors (Lipinski definition) is 4. The topological polar surface area (TPSA) is 92.7 Å². The molecule has 0 aliphatic rings. The maximum absolute atomic E-state index is 12.5.